The van der Waals surface area contributed by atoms with Crippen molar-refractivity contribution in [2.75, 3.05) is 5.75 Å². The number of hydrogen-bond donors (Lipinski definition) is 0. The van der Waals surface area contributed by atoms with E-state index in [1.54, 1.807) is 25.2 Å². The molecule has 2 heterocycles. The van der Waals surface area contributed by atoms with Crippen LogP contribution in [0.5, 0.6) is 0 Å². The van der Waals surface area contributed by atoms with E-state index >= 15 is 0 Å². The highest BCUT2D eigenvalue weighted by atomic mass is 35.5. The van der Waals surface area contributed by atoms with Crippen LogP contribution in [0.4, 0.5) is 0 Å². The van der Waals surface area contributed by atoms with Crippen molar-refractivity contribution in [3.05, 3.63) is 34.3 Å². The zero-order chi connectivity index (χ0) is 15.2. The maximum atomic E-state index is 12.2. The Labute approximate surface area is 127 Å². The Hall–Kier alpha value is -1.27. The molecule has 2 unspecified atom stereocenters. The predicted octanol–water partition coefficient (Wildman–Crippen LogP) is 2.38. The average Bonchev–Trinajstić information content (AvgIpc) is 2.72. The number of benzene rings is 1. The molecule has 1 fully saturated rings. The van der Waals surface area contributed by atoms with E-state index < -0.39 is 26.2 Å². The first kappa shape index (κ1) is 14.7. The van der Waals surface area contributed by atoms with Gasteiger partial charge in [-0.2, -0.15) is 0 Å². The summed E-state index contributed by atoms with van der Waals surface area (Å²) in [6, 6.07) is 5.16. The summed E-state index contributed by atoms with van der Waals surface area (Å²) in [6.07, 6.45) is 2.15. The molecule has 0 amide bonds. The van der Waals surface area contributed by atoms with Crippen molar-refractivity contribution < 1.29 is 12.8 Å². The van der Waals surface area contributed by atoms with Crippen molar-refractivity contribution >= 4 is 32.5 Å². The van der Waals surface area contributed by atoms with Crippen molar-refractivity contribution in [2.45, 2.75) is 29.9 Å². The smallest absolute Gasteiger partial charge is 0.408 e. The van der Waals surface area contributed by atoms with Crippen molar-refractivity contribution in [1.29, 1.82) is 0 Å². The van der Waals surface area contributed by atoms with Gasteiger partial charge >= 0.3 is 5.76 Å². The molecule has 3 rings (SSSR count). The van der Waals surface area contributed by atoms with Crippen LogP contribution >= 0.6 is 11.6 Å². The summed E-state index contributed by atoms with van der Waals surface area (Å²) in [4.78, 5) is 11.5. The van der Waals surface area contributed by atoms with E-state index in [9.17, 15) is 13.2 Å². The van der Waals surface area contributed by atoms with Gasteiger partial charge in [0.2, 0.25) is 0 Å². The Balaban J connectivity index is 2.01. The Morgan fingerprint density at radius 2 is 2.14 bits per heavy atom. The normalized spacial score (nSPS) is 23.2. The fraction of sp³-hybridized carbons (Fsp3) is 0.500. The second kappa shape index (κ2) is 5.18. The van der Waals surface area contributed by atoms with E-state index in [1.165, 1.54) is 4.57 Å². The SMILES string of the molecule is Cn1c(=O)oc2cc(C(Cl)C3CCCCS3(=O)=O)ccc21. The quantitative estimate of drug-likeness (QED) is 0.793. The minimum Gasteiger partial charge on any atom is -0.408 e. The Kier molecular flexibility index (Phi) is 3.61. The third-order valence-electron chi connectivity index (χ3n) is 4.09. The number of alkyl halides is 1. The third kappa shape index (κ3) is 2.51. The van der Waals surface area contributed by atoms with E-state index in [4.69, 9.17) is 16.0 Å². The molecular weight excluding hydrogens is 314 g/mol. The van der Waals surface area contributed by atoms with Gasteiger partial charge in [0.05, 0.1) is 21.9 Å². The van der Waals surface area contributed by atoms with Crippen molar-refractivity contribution in [3.63, 3.8) is 0 Å². The highest BCUT2D eigenvalue weighted by Crippen LogP contribution is 2.36. The molecule has 0 aliphatic carbocycles. The van der Waals surface area contributed by atoms with Crippen LogP contribution < -0.4 is 5.76 Å². The first-order valence-corrected chi connectivity index (χ1v) is 9.00. The van der Waals surface area contributed by atoms with E-state index in [2.05, 4.69) is 0 Å². The van der Waals surface area contributed by atoms with Gasteiger partial charge in [-0.25, -0.2) is 13.2 Å². The van der Waals surface area contributed by atoms with Crippen molar-refractivity contribution in [1.82, 2.24) is 4.57 Å². The van der Waals surface area contributed by atoms with Gasteiger partial charge < -0.3 is 4.42 Å². The molecule has 1 saturated heterocycles. The number of sulfone groups is 1. The molecular formula is C14H16ClNO4S. The molecule has 5 nitrogen and oxygen atoms in total. The highest BCUT2D eigenvalue weighted by Gasteiger charge is 2.35. The van der Waals surface area contributed by atoms with Crippen LogP contribution in [0.3, 0.4) is 0 Å². The summed E-state index contributed by atoms with van der Waals surface area (Å²) in [6.45, 7) is 0. The molecule has 0 radical (unpaired) electrons. The van der Waals surface area contributed by atoms with Gasteiger partial charge in [-0.3, -0.25) is 4.57 Å². The number of hydrogen-bond acceptors (Lipinski definition) is 4. The Bertz CT molecular complexity index is 836. The molecule has 1 aliphatic rings. The molecule has 0 spiro atoms. The molecule has 2 atom stereocenters. The number of nitrogens with zero attached hydrogens (tertiary/aromatic N) is 1. The molecule has 2 aromatic rings. The van der Waals surface area contributed by atoms with Gasteiger partial charge in [-0.1, -0.05) is 12.5 Å². The molecule has 1 aromatic heterocycles. The molecule has 1 aromatic carbocycles. The lowest BCUT2D eigenvalue weighted by molar-refractivity contribution is 0.525. The molecule has 0 bridgehead atoms. The summed E-state index contributed by atoms with van der Waals surface area (Å²) >= 11 is 6.41. The Morgan fingerprint density at radius 3 is 2.86 bits per heavy atom. The molecule has 114 valence electrons. The van der Waals surface area contributed by atoms with Crippen LogP contribution in [-0.2, 0) is 16.9 Å². The highest BCUT2D eigenvalue weighted by molar-refractivity contribution is 7.92. The molecule has 0 saturated carbocycles. The first-order valence-electron chi connectivity index (χ1n) is 6.85. The van der Waals surface area contributed by atoms with Crippen molar-refractivity contribution in [3.8, 4) is 0 Å². The number of rotatable bonds is 2. The number of aryl methyl sites for hydroxylation is 1. The van der Waals surface area contributed by atoms with Gasteiger partial charge in [0, 0.05) is 7.05 Å². The maximum Gasteiger partial charge on any atom is 0.419 e. The van der Waals surface area contributed by atoms with Crippen LogP contribution in [0.2, 0.25) is 0 Å². The summed E-state index contributed by atoms with van der Waals surface area (Å²) in [5, 5.41) is -1.19. The lowest BCUT2D eigenvalue weighted by Crippen LogP contribution is -2.31. The van der Waals surface area contributed by atoms with E-state index in [-0.39, 0.29) is 5.75 Å². The van der Waals surface area contributed by atoms with Gasteiger partial charge in [-0.15, -0.1) is 11.6 Å². The largest absolute Gasteiger partial charge is 0.419 e. The van der Waals surface area contributed by atoms with Crippen LogP contribution in [0.1, 0.15) is 30.2 Å². The second-order valence-electron chi connectivity index (χ2n) is 5.46. The fourth-order valence-electron chi connectivity index (χ4n) is 2.84. The fourth-order valence-corrected chi connectivity index (χ4v) is 5.53. The second-order valence-corrected chi connectivity index (χ2v) is 8.27. The van der Waals surface area contributed by atoms with Gasteiger partial charge in [0.1, 0.15) is 0 Å². The monoisotopic (exact) mass is 329 g/mol. The summed E-state index contributed by atoms with van der Waals surface area (Å²) in [7, 11) is -1.53. The van der Waals surface area contributed by atoms with E-state index in [1.807, 2.05) is 0 Å². The van der Waals surface area contributed by atoms with Crippen LogP contribution in [-0.4, -0.2) is 24.0 Å². The number of fused-ring (bicyclic) bond motifs is 1. The van der Waals surface area contributed by atoms with E-state index in [0.717, 1.165) is 6.42 Å². The van der Waals surface area contributed by atoms with Crippen LogP contribution in [0.25, 0.3) is 11.1 Å². The van der Waals surface area contributed by atoms with Gasteiger partial charge in [0.15, 0.2) is 15.4 Å². The predicted molar refractivity (Wildman–Crippen MR) is 81.5 cm³/mol. The Morgan fingerprint density at radius 1 is 1.38 bits per heavy atom. The molecule has 7 heteroatoms. The standard InChI is InChI=1S/C14H16ClNO4S/c1-16-10-6-5-9(8-11(10)20-14(16)17)13(15)12-4-2-3-7-21(12,18)19/h5-6,8,12-13H,2-4,7H2,1H3. The first-order chi connectivity index (χ1) is 9.90. The minimum absolute atomic E-state index is 0.198. The molecule has 21 heavy (non-hydrogen) atoms. The lowest BCUT2D eigenvalue weighted by Gasteiger charge is -2.26. The van der Waals surface area contributed by atoms with E-state index in [0.29, 0.717) is 29.5 Å². The molecule has 0 N–H and O–H groups in total. The van der Waals surface area contributed by atoms with Gasteiger partial charge in [-0.05, 0) is 30.5 Å². The lowest BCUT2D eigenvalue weighted by atomic mass is 10.0. The third-order valence-corrected chi connectivity index (χ3v) is 7.08. The number of halogens is 1. The summed E-state index contributed by atoms with van der Waals surface area (Å²) < 4.78 is 30.8. The number of aromatic nitrogens is 1. The average molecular weight is 330 g/mol. The topological polar surface area (TPSA) is 69.3 Å². The maximum absolute atomic E-state index is 12.2. The van der Waals surface area contributed by atoms with Gasteiger partial charge in [0.25, 0.3) is 0 Å². The molecule has 1 aliphatic heterocycles. The zero-order valence-corrected chi connectivity index (χ0v) is 13.2. The van der Waals surface area contributed by atoms with Crippen LogP contribution in [0.15, 0.2) is 27.4 Å². The summed E-state index contributed by atoms with van der Waals surface area (Å²) in [5.74, 6) is -0.248. The summed E-state index contributed by atoms with van der Waals surface area (Å²) in [5.41, 5.74) is 1.77. The number of oxazole rings is 1. The zero-order valence-electron chi connectivity index (χ0n) is 11.6. The minimum atomic E-state index is -3.16. The van der Waals surface area contributed by atoms with Crippen molar-refractivity contribution in [2.24, 2.45) is 7.05 Å². The van der Waals surface area contributed by atoms with Crippen LogP contribution in [0, 0.1) is 0 Å².